The number of ether oxygens (including phenoxy) is 1. The zero-order valence-corrected chi connectivity index (χ0v) is 25.0. The van der Waals surface area contributed by atoms with Crippen LogP contribution in [0.15, 0.2) is 29.4 Å². The number of carbonyl (C=O) groups is 1. The van der Waals surface area contributed by atoms with E-state index in [4.69, 9.17) is 4.74 Å². The lowest BCUT2D eigenvalue weighted by molar-refractivity contribution is 0.176. The molecule has 14 heteroatoms. The number of hydrogen-bond acceptors (Lipinski definition) is 9. The van der Waals surface area contributed by atoms with Gasteiger partial charge in [0.1, 0.15) is 21.8 Å². The molecule has 1 aliphatic heterocycles. The minimum absolute atomic E-state index is 0.0739. The summed E-state index contributed by atoms with van der Waals surface area (Å²) in [4.78, 5) is 20.6. The molecule has 41 heavy (non-hydrogen) atoms. The molecule has 1 N–H and O–H groups in total. The number of sulfonamides is 1. The molecule has 0 spiro atoms. The van der Waals surface area contributed by atoms with Gasteiger partial charge in [0.25, 0.3) is 0 Å². The Morgan fingerprint density at radius 2 is 2.12 bits per heavy atom. The number of nitriles is 1. The van der Waals surface area contributed by atoms with Gasteiger partial charge in [-0.2, -0.15) is 5.26 Å². The molecule has 0 radical (unpaired) electrons. The minimum Gasteiger partial charge on any atom is -0.384 e. The first kappa shape index (κ1) is 27.8. The Labute approximate surface area is 242 Å². The van der Waals surface area contributed by atoms with Crippen LogP contribution < -0.4 is 4.72 Å². The fourth-order valence-electron chi connectivity index (χ4n) is 5.38. The number of nitrogens with zero attached hydrogens (tertiary/aromatic N) is 7. The van der Waals surface area contributed by atoms with E-state index >= 15 is 0 Å². The Bertz CT molecular complexity index is 1720. The van der Waals surface area contributed by atoms with Gasteiger partial charge >= 0.3 is 6.03 Å². The van der Waals surface area contributed by atoms with Gasteiger partial charge in [-0.3, -0.25) is 4.40 Å². The number of urea groups is 1. The number of carbonyl (C=O) groups excluding carboxylic acids is 1. The number of fused-ring (bicyclic) bond motifs is 1. The van der Waals surface area contributed by atoms with Crippen molar-refractivity contribution in [3.8, 4) is 16.8 Å². The summed E-state index contributed by atoms with van der Waals surface area (Å²) < 4.78 is 37.4. The van der Waals surface area contributed by atoms with Crippen LogP contribution in [0.25, 0.3) is 21.9 Å². The zero-order chi connectivity index (χ0) is 29.2. The summed E-state index contributed by atoms with van der Waals surface area (Å²) in [6.45, 7) is 3.29. The first-order valence-corrected chi connectivity index (χ1v) is 15.8. The minimum atomic E-state index is -3.91. The highest BCUT2D eigenvalue weighted by Gasteiger charge is 2.52. The molecule has 0 saturated heterocycles. The van der Waals surface area contributed by atoms with Crippen molar-refractivity contribution in [2.45, 2.75) is 48.5 Å². The van der Waals surface area contributed by atoms with Crippen molar-refractivity contribution in [1.82, 2.24) is 34.1 Å². The monoisotopic (exact) mass is 596 g/mol. The van der Waals surface area contributed by atoms with E-state index in [1.165, 1.54) is 11.3 Å². The van der Waals surface area contributed by atoms with E-state index in [-0.39, 0.29) is 16.8 Å². The predicted molar refractivity (Wildman–Crippen MR) is 153 cm³/mol. The number of rotatable bonds is 8. The number of imidazole rings is 1. The van der Waals surface area contributed by atoms with Gasteiger partial charge in [0.2, 0.25) is 10.0 Å². The van der Waals surface area contributed by atoms with Crippen molar-refractivity contribution in [1.29, 1.82) is 5.26 Å². The first-order chi connectivity index (χ1) is 19.5. The fourth-order valence-corrected chi connectivity index (χ4v) is 7.93. The van der Waals surface area contributed by atoms with Crippen LogP contribution in [0.3, 0.4) is 0 Å². The first-order valence-electron chi connectivity index (χ1n) is 13.5. The van der Waals surface area contributed by atoms with Crippen molar-refractivity contribution >= 4 is 38.6 Å². The normalized spacial score (nSPS) is 23.2. The van der Waals surface area contributed by atoms with E-state index < -0.39 is 21.0 Å². The molecule has 6 rings (SSSR count). The summed E-state index contributed by atoms with van der Waals surface area (Å²) in [6, 6.07) is 3.95. The molecule has 216 valence electrons. The van der Waals surface area contributed by atoms with Gasteiger partial charge in [-0.1, -0.05) is 17.4 Å². The molecular weight excluding hydrogens is 564 g/mol. The molecule has 12 nitrogen and oxygen atoms in total. The molecule has 2 aliphatic carbocycles. The van der Waals surface area contributed by atoms with Crippen molar-refractivity contribution in [3.63, 3.8) is 0 Å². The largest absolute Gasteiger partial charge is 0.384 e. The van der Waals surface area contributed by atoms with Crippen molar-refractivity contribution in [2.24, 2.45) is 5.92 Å². The molecule has 0 aromatic carbocycles. The molecule has 2 atom stereocenters. The van der Waals surface area contributed by atoms with E-state index in [0.29, 0.717) is 59.5 Å². The maximum absolute atomic E-state index is 13.8. The van der Waals surface area contributed by atoms with Crippen LogP contribution in [0.5, 0.6) is 0 Å². The topological polar surface area (TPSA) is 146 Å². The lowest BCUT2D eigenvalue weighted by Gasteiger charge is -2.29. The van der Waals surface area contributed by atoms with Gasteiger partial charge in [0, 0.05) is 57.5 Å². The van der Waals surface area contributed by atoms with Crippen molar-refractivity contribution in [3.05, 3.63) is 35.1 Å². The summed E-state index contributed by atoms with van der Waals surface area (Å²) in [5.74, 6) is 0.102. The highest BCUT2D eigenvalue weighted by Crippen LogP contribution is 2.49. The summed E-state index contributed by atoms with van der Waals surface area (Å²) in [5, 5.41) is 19.5. The van der Waals surface area contributed by atoms with Crippen LogP contribution in [-0.4, -0.2) is 90.3 Å². The van der Waals surface area contributed by atoms with Crippen LogP contribution in [0.2, 0.25) is 0 Å². The van der Waals surface area contributed by atoms with E-state index in [1.807, 2.05) is 13.0 Å². The average Bonchev–Trinajstić information content (AvgIpc) is 3.71. The second kappa shape index (κ2) is 9.87. The van der Waals surface area contributed by atoms with Crippen molar-refractivity contribution < 1.29 is 17.9 Å². The third-order valence-corrected chi connectivity index (χ3v) is 11.0. The third kappa shape index (κ3) is 4.90. The number of amides is 2. The summed E-state index contributed by atoms with van der Waals surface area (Å²) in [5.41, 5.74) is 1.65. The Morgan fingerprint density at radius 3 is 2.76 bits per heavy atom. The number of pyridine rings is 1. The Hall–Kier alpha value is -3.38. The van der Waals surface area contributed by atoms with Gasteiger partial charge in [-0.05, 0) is 44.2 Å². The van der Waals surface area contributed by atoms with Gasteiger partial charge in [0.15, 0.2) is 5.01 Å². The summed E-state index contributed by atoms with van der Waals surface area (Å²) >= 11 is 1.34. The number of nitrogens with one attached hydrogen (secondary N) is 1. The molecule has 2 amide bonds. The van der Waals surface area contributed by atoms with E-state index in [1.54, 1.807) is 53.9 Å². The second-order valence-corrected chi connectivity index (χ2v) is 14.2. The lowest BCUT2D eigenvalue weighted by atomic mass is 10.0. The predicted octanol–water partition coefficient (Wildman–Crippen LogP) is 2.88. The zero-order valence-electron chi connectivity index (χ0n) is 23.4. The molecule has 2 saturated carbocycles. The second-order valence-electron chi connectivity index (χ2n) is 11.5. The number of aromatic nitrogens is 4. The number of methoxy groups -OCH3 is 1. The molecule has 3 aromatic heterocycles. The third-order valence-electron chi connectivity index (χ3n) is 8.26. The smallest absolute Gasteiger partial charge is 0.319 e. The standard InChI is InChI=1S/C27H32N8O4S2/c1-26(12-18(26)15-39-4)32-41(37,38)19-11-20(17-5-9-34(10-6-17)25(36)33(2)3)22-29-13-21(35(22)14-19)23-30-31-24(40-23)27(16-28)7-8-27/h5,11,13-14,18,32H,6-10,12,15H2,1-4H3/t18-,26?/m0/s1. The van der Waals surface area contributed by atoms with E-state index in [9.17, 15) is 18.5 Å². The van der Waals surface area contributed by atoms with Crippen molar-refractivity contribution in [2.75, 3.05) is 40.9 Å². The Morgan fingerprint density at radius 1 is 1.34 bits per heavy atom. The van der Waals surface area contributed by atoms with Crippen LogP contribution in [0.4, 0.5) is 4.79 Å². The van der Waals surface area contributed by atoms with Gasteiger partial charge in [0.05, 0.1) is 23.8 Å². The van der Waals surface area contributed by atoms with Crippen LogP contribution in [-0.2, 0) is 20.2 Å². The fraction of sp³-hybridized carbons (Fsp3) is 0.519. The molecule has 1 unspecified atom stereocenters. The maximum Gasteiger partial charge on any atom is 0.319 e. The van der Waals surface area contributed by atoms with Crippen LogP contribution in [0, 0.1) is 17.2 Å². The van der Waals surface area contributed by atoms with E-state index in [2.05, 4.69) is 26.0 Å². The molecule has 3 aromatic rings. The van der Waals surface area contributed by atoms with Gasteiger partial charge in [-0.25, -0.2) is 22.9 Å². The highest BCUT2D eigenvalue weighted by molar-refractivity contribution is 7.89. The molecule has 0 bridgehead atoms. The molecule has 3 aliphatic rings. The summed E-state index contributed by atoms with van der Waals surface area (Å²) in [7, 11) is 1.14. The summed E-state index contributed by atoms with van der Waals surface area (Å²) in [6.07, 6.45) is 7.96. The SMILES string of the molecule is COC[C@@H]1CC1(C)NS(=O)(=O)c1cc(C2=CCN(C(=O)N(C)C)CC2)c2ncc(-c3nnc(C4(C#N)CC4)s3)n2c1. The molecular formula is C27H32N8O4S2. The Kier molecular flexibility index (Phi) is 6.68. The highest BCUT2D eigenvalue weighted by atomic mass is 32.2. The quantitative estimate of drug-likeness (QED) is 0.418. The Balaban J connectivity index is 1.43. The lowest BCUT2D eigenvalue weighted by Crippen LogP contribution is -2.41. The van der Waals surface area contributed by atoms with Crippen LogP contribution >= 0.6 is 11.3 Å². The molecule has 4 heterocycles. The maximum atomic E-state index is 13.8. The molecule has 2 fully saturated rings. The number of hydrogen-bond donors (Lipinski definition) is 1. The average molecular weight is 597 g/mol. The van der Waals surface area contributed by atoms with Crippen LogP contribution in [0.1, 0.15) is 43.2 Å². The van der Waals surface area contributed by atoms with E-state index in [0.717, 1.165) is 18.4 Å². The van der Waals surface area contributed by atoms with Gasteiger partial charge < -0.3 is 14.5 Å². The van der Waals surface area contributed by atoms with Gasteiger partial charge in [-0.15, -0.1) is 10.2 Å².